The van der Waals surface area contributed by atoms with Crippen molar-refractivity contribution in [3.8, 4) is 44.5 Å². The van der Waals surface area contributed by atoms with E-state index < -0.39 is 0 Å². The molecule has 224 valence electrons. The van der Waals surface area contributed by atoms with Crippen molar-refractivity contribution >= 4 is 32.3 Å². The first-order valence-electron chi connectivity index (χ1n) is 16.9. The second kappa shape index (κ2) is 8.99. The van der Waals surface area contributed by atoms with E-state index in [2.05, 4.69) is 162 Å². The molecule has 0 amide bonds. The molecule has 0 aliphatic heterocycles. The van der Waals surface area contributed by atoms with Crippen LogP contribution < -0.4 is 0 Å². The van der Waals surface area contributed by atoms with Gasteiger partial charge >= 0.3 is 0 Å². The van der Waals surface area contributed by atoms with Crippen molar-refractivity contribution in [2.24, 2.45) is 0 Å². The average molecular weight is 601 g/mol. The van der Waals surface area contributed by atoms with Gasteiger partial charge in [0, 0.05) is 10.8 Å². The van der Waals surface area contributed by atoms with Crippen molar-refractivity contribution in [3.05, 3.63) is 155 Å². The van der Waals surface area contributed by atoms with Crippen molar-refractivity contribution in [1.29, 1.82) is 0 Å². The highest BCUT2D eigenvalue weighted by Crippen LogP contribution is 2.59. The molecular formula is C47H36. The van der Waals surface area contributed by atoms with Crippen LogP contribution in [-0.2, 0) is 10.8 Å². The van der Waals surface area contributed by atoms with Gasteiger partial charge in [0.05, 0.1) is 0 Å². The van der Waals surface area contributed by atoms with E-state index in [1.165, 1.54) is 105 Å². The summed E-state index contributed by atoms with van der Waals surface area (Å²) in [7, 11) is 0. The van der Waals surface area contributed by atoms with Gasteiger partial charge in [-0.25, -0.2) is 0 Å². The molecule has 0 N–H and O–H groups in total. The maximum atomic E-state index is 2.56. The monoisotopic (exact) mass is 600 g/mol. The summed E-state index contributed by atoms with van der Waals surface area (Å²) in [6.45, 7) is 11.9. The van der Waals surface area contributed by atoms with Crippen LogP contribution in [0.4, 0.5) is 0 Å². The van der Waals surface area contributed by atoms with Gasteiger partial charge in [-0.05, 0) is 130 Å². The van der Waals surface area contributed by atoms with Gasteiger partial charge in [0.1, 0.15) is 0 Å². The van der Waals surface area contributed by atoms with E-state index in [0.717, 1.165) is 0 Å². The van der Waals surface area contributed by atoms with Crippen molar-refractivity contribution in [1.82, 2.24) is 0 Å². The van der Waals surface area contributed by atoms with E-state index in [4.69, 9.17) is 0 Å². The van der Waals surface area contributed by atoms with Crippen LogP contribution in [-0.4, -0.2) is 0 Å². The second-order valence-corrected chi connectivity index (χ2v) is 15.0. The lowest BCUT2D eigenvalue weighted by Gasteiger charge is -2.24. The third-order valence-electron chi connectivity index (χ3n) is 11.6. The Morgan fingerprint density at radius 1 is 0.383 bits per heavy atom. The van der Waals surface area contributed by atoms with Crippen LogP contribution in [0.1, 0.15) is 55.5 Å². The molecule has 0 radical (unpaired) electrons. The van der Waals surface area contributed by atoms with Crippen LogP contribution in [0.2, 0.25) is 0 Å². The molecule has 0 unspecified atom stereocenters. The third-order valence-corrected chi connectivity index (χ3v) is 11.6. The zero-order chi connectivity index (χ0) is 31.8. The van der Waals surface area contributed by atoms with E-state index in [0.29, 0.717) is 0 Å². The molecule has 0 aromatic heterocycles. The number of fused-ring (bicyclic) bond motifs is 6. The predicted octanol–water partition coefficient (Wildman–Crippen LogP) is 12.8. The van der Waals surface area contributed by atoms with Crippen molar-refractivity contribution in [2.45, 2.75) is 45.4 Å². The van der Waals surface area contributed by atoms with Gasteiger partial charge in [0.25, 0.3) is 0 Å². The van der Waals surface area contributed by atoms with E-state index in [1.807, 2.05) is 0 Å². The molecule has 10 rings (SSSR count). The Kier molecular flexibility index (Phi) is 5.16. The van der Waals surface area contributed by atoms with Crippen LogP contribution in [0, 0.1) is 6.92 Å². The Hall–Kier alpha value is -5.20. The highest BCUT2D eigenvalue weighted by atomic mass is 14.5. The van der Waals surface area contributed by atoms with Gasteiger partial charge in [0.2, 0.25) is 0 Å². The lowest BCUT2D eigenvalue weighted by molar-refractivity contribution is 0.652. The first-order chi connectivity index (χ1) is 22.7. The molecule has 47 heavy (non-hydrogen) atoms. The molecule has 0 saturated carbocycles. The molecular weight excluding hydrogens is 565 g/mol. The van der Waals surface area contributed by atoms with Crippen molar-refractivity contribution < 1.29 is 0 Å². The van der Waals surface area contributed by atoms with E-state index >= 15 is 0 Å². The number of hydrogen-bond donors (Lipinski definition) is 0. The Bertz CT molecular complexity index is 2600. The van der Waals surface area contributed by atoms with E-state index in [1.54, 1.807) is 0 Å². The third kappa shape index (κ3) is 3.48. The Balaban J connectivity index is 1.32. The normalized spacial score (nSPS) is 15.3. The van der Waals surface area contributed by atoms with Gasteiger partial charge in [0.15, 0.2) is 0 Å². The van der Waals surface area contributed by atoms with E-state index in [9.17, 15) is 0 Å². The summed E-state index contributed by atoms with van der Waals surface area (Å²) in [6.07, 6.45) is 0. The minimum Gasteiger partial charge on any atom is -0.0622 e. The highest BCUT2D eigenvalue weighted by molar-refractivity contribution is 6.26. The maximum absolute atomic E-state index is 2.56. The van der Waals surface area contributed by atoms with Crippen LogP contribution >= 0.6 is 0 Å². The van der Waals surface area contributed by atoms with Crippen LogP contribution in [0.3, 0.4) is 0 Å². The largest absolute Gasteiger partial charge is 0.0622 e. The lowest BCUT2D eigenvalue weighted by atomic mass is 9.79. The summed E-state index contributed by atoms with van der Waals surface area (Å²) in [5.41, 5.74) is 17.6. The fraction of sp³-hybridized carbons (Fsp3) is 0.149. The lowest BCUT2D eigenvalue weighted by Crippen LogP contribution is -2.17. The zero-order valence-corrected chi connectivity index (χ0v) is 27.6. The van der Waals surface area contributed by atoms with Gasteiger partial charge in [-0.2, -0.15) is 0 Å². The smallest absolute Gasteiger partial charge is 0.0159 e. The van der Waals surface area contributed by atoms with Crippen LogP contribution in [0.25, 0.3) is 76.8 Å². The molecule has 2 aliphatic rings. The highest BCUT2D eigenvalue weighted by Gasteiger charge is 2.43. The molecule has 0 heteroatoms. The molecule has 8 aromatic carbocycles. The van der Waals surface area contributed by atoms with E-state index in [-0.39, 0.29) is 10.8 Å². The van der Waals surface area contributed by atoms with Crippen LogP contribution in [0.5, 0.6) is 0 Å². The number of aryl methyl sites for hydroxylation is 1. The molecule has 0 saturated heterocycles. The summed E-state index contributed by atoms with van der Waals surface area (Å²) in [5.74, 6) is 0. The molecule has 2 aliphatic carbocycles. The molecule has 0 heterocycles. The minimum absolute atomic E-state index is 0.0598. The first-order valence-corrected chi connectivity index (χ1v) is 16.9. The Labute approximate surface area is 276 Å². The molecule has 0 nitrogen and oxygen atoms in total. The molecule has 0 fully saturated rings. The van der Waals surface area contributed by atoms with Gasteiger partial charge < -0.3 is 0 Å². The standard InChI is InChI=1S/C47H36/c1-27-14-19-34-36-25-41-38(26-40(36)46(2,3)39(34)22-27)45-37(23-32(24-42(45)47(41,4)5)28-10-7-6-8-11-28)33-20-17-31-16-15-29-12-9-13-30-18-21-35(33)44(31)43(29)30/h6-26H,1-5H3. The Morgan fingerprint density at radius 3 is 1.79 bits per heavy atom. The molecule has 8 aromatic rings. The van der Waals surface area contributed by atoms with Gasteiger partial charge in [-0.15, -0.1) is 0 Å². The van der Waals surface area contributed by atoms with Crippen molar-refractivity contribution in [3.63, 3.8) is 0 Å². The summed E-state index contributed by atoms with van der Waals surface area (Å²) >= 11 is 0. The summed E-state index contributed by atoms with van der Waals surface area (Å²) in [5, 5.41) is 7.98. The topological polar surface area (TPSA) is 0 Å². The predicted molar refractivity (Wildman–Crippen MR) is 201 cm³/mol. The molecule has 0 atom stereocenters. The van der Waals surface area contributed by atoms with Gasteiger partial charge in [-0.3, -0.25) is 0 Å². The average Bonchev–Trinajstić information content (AvgIpc) is 3.45. The minimum atomic E-state index is -0.152. The fourth-order valence-electron chi connectivity index (χ4n) is 9.17. The summed E-state index contributed by atoms with van der Waals surface area (Å²) in [6, 6.07) is 48.7. The maximum Gasteiger partial charge on any atom is 0.0159 e. The summed E-state index contributed by atoms with van der Waals surface area (Å²) in [4.78, 5) is 0. The quantitative estimate of drug-likeness (QED) is 0.173. The zero-order valence-electron chi connectivity index (χ0n) is 27.6. The number of benzene rings is 8. The second-order valence-electron chi connectivity index (χ2n) is 15.0. The Morgan fingerprint density at radius 2 is 1.00 bits per heavy atom. The van der Waals surface area contributed by atoms with Crippen molar-refractivity contribution in [2.75, 3.05) is 0 Å². The number of hydrogen-bond acceptors (Lipinski definition) is 0. The SMILES string of the molecule is Cc1ccc2c(c1)C(C)(C)c1cc3c(cc1-2)C(C)(C)c1cc(-c2ccccc2)cc(-c2ccc4ccc5cccc6ccc2c4c56)c1-3. The fourth-order valence-corrected chi connectivity index (χ4v) is 9.17. The summed E-state index contributed by atoms with van der Waals surface area (Å²) < 4.78 is 0. The molecule has 0 spiro atoms. The number of rotatable bonds is 2. The van der Waals surface area contributed by atoms with Crippen LogP contribution in [0.15, 0.2) is 127 Å². The van der Waals surface area contributed by atoms with Gasteiger partial charge in [-0.1, -0.05) is 136 Å². The molecule has 0 bridgehead atoms. The first kappa shape index (κ1) is 27.0.